The van der Waals surface area contributed by atoms with Crippen molar-refractivity contribution in [3.63, 3.8) is 0 Å². The molecule has 1 aliphatic heterocycles. The molecule has 146 valence electrons. The van der Waals surface area contributed by atoms with Gasteiger partial charge in [-0.05, 0) is 43.4 Å². The highest BCUT2D eigenvalue weighted by atomic mass is 32.1. The van der Waals surface area contributed by atoms with Gasteiger partial charge in [-0.1, -0.05) is 44.6 Å². The highest BCUT2D eigenvalue weighted by molar-refractivity contribution is 7.22. The van der Waals surface area contributed by atoms with Crippen molar-refractivity contribution >= 4 is 38.5 Å². The average Bonchev–Trinajstić information content (AvgIpc) is 3.07. The lowest BCUT2D eigenvalue weighted by atomic mass is 9.95. The zero-order chi connectivity index (χ0) is 19.4. The molecule has 5 nitrogen and oxygen atoms in total. The van der Waals surface area contributed by atoms with E-state index >= 15 is 0 Å². The van der Waals surface area contributed by atoms with E-state index in [1.807, 2.05) is 24.8 Å². The quantitative estimate of drug-likeness (QED) is 0.795. The second-order valence-electron chi connectivity index (χ2n) is 7.67. The summed E-state index contributed by atoms with van der Waals surface area (Å²) in [5.41, 5.74) is 2.26. The van der Waals surface area contributed by atoms with E-state index in [0.29, 0.717) is 18.2 Å². The van der Waals surface area contributed by atoms with Crippen LogP contribution in [-0.2, 0) is 16.0 Å². The number of rotatable bonds is 6. The smallest absolute Gasteiger partial charge is 0.229 e. The SMILES string of the molecule is CCCCc1ccc2nc(NC(=O)C3CCN(C(=O)C(C)C)CC3)sc2c1. The van der Waals surface area contributed by atoms with Crippen LogP contribution in [0.25, 0.3) is 10.2 Å². The Morgan fingerprint density at radius 1 is 1.30 bits per heavy atom. The molecule has 2 aromatic rings. The minimum Gasteiger partial charge on any atom is -0.342 e. The topological polar surface area (TPSA) is 62.3 Å². The van der Waals surface area contributed by atoms with Gasteiger partial charge in [-0.2, -0.15) is 0 Å². The van der Waals surface area contributed by atoms with Crippen LogP contribution in [0.1, 0.15) is 52.0 Å². The summed E-state index contributed by atoms with van der Waals surface area (Å²) in [4.78, 5) is 31.1. The maximum absolute atomic E-state index is 12.6. The molecule has 0 radical (unpaired) electrons. The number of likely N-dealkylation sites (tertiary alicyclic amines) is 1. The molecule has 2 amide bonds. The summed E-state index contributed by atoms with van der Waals surface area (Å²) in [6, 6.07) is 6.36. The van der Waals surface area contributed by atoms with Crippen molar-refractivity contribution in [1.29, 1.82) is 0 Å². The second-order valence-corrected chi connectivity index (χ2v) is 8.70. The highest BCUT2D eigenvalue weighted by Crippen LogP contribution is 2.28. The molecular formula is C21H29N3O2S. The number of hydrogen-bond donors (Lipinski definition) is 1. The van der Waals surface area contributed by atoms with Crippen LogP contribution in [0.4, 0.5) is 5.13 Å². The molecule has 2 heterocycles. The Balaban J connectivity index is 1.59. The molecule has 0 aliphatic carbocycles. The Kier molecular flexibility index (Phi) is 6.47. The molecule has 1 aromatic heterocycles. The molecule has 0 unspecified atom stereocenters. The van der Waals surface area contributed by atoms with E-state index < -0.39 is 0 Å². The third kappa shape index (κ3) is 4.86. The van der Waals surface area contributed by atoms with Crippen molar-refractivity contribution in [1.82, 2.24) is 9.88 Å². The van der Waals surface area contributed by atoms with Crippen molar-refractivity contribution in [3.8, 4) is 0 Å². The fourth-order valence-corrected chi connectivity index (χ4v) is 4.43. The van der Waals surface area contributed by atoms with E-state index in [4.69, 9.17) is 0 Å². The average molecular weight is 388 g/mol. The number of anilines is 1. The summed E-state index contributed by atoms with van der Waals surface area (Å²) < 4.78 is 1.12. The number of amides is 2. The fourth-order valence-electron chi connectivity index (χ4n) is 3.49. The number of hydrogen-bond acceptors (Lipinski definition) is 4. The van der Waals surface area contributed by atoms with Crippen LogP contribution < -0.4 is 5.32 Å². The van der Waals surface area contributed by atoms with Crippen LogP contribution in [0.2, 0.25) is 0 Å². The first-order valence-corrected chi connectivity index (χ1v) is 10.8. The van der Waals surface area contributed by atoms with E-state index in [2.05, 4.69) is 29.4 Å². The van der Waals surface area contributed by atoms with Gasteiger partial charge < -0.3 is 10.2 Å². The van der Waals surface area contributed by atoms with Gasteiger partial charge in [0.05, 0.1) is 10.2 Å². The van der Waals surface area contributed by atoms with Gasteiger partial charge in [-0.25, -0.2) is 4.98 Å². The number of unbranched alkanes of at least 4 members (excludes halogenated alkanes) is 1. The number of piperidine rings is 1. The summed E-state index contributed by atoms with van der Waals surface area (Å²) in [6.07, 6.45) is 4.89. The van der Waals surface area contributed by atoms with Crippen molar-refractivity contribution < 1.29 is 9.59 Å². The maximum Gasteiger partial charge on any atom is 0.229 e. The first kappa shape index (κ1) is 19.8. The van der Waals surface area contributed by atoms with Crippen LogP contribution in [-0.4, -0.2) is 34.8 Å². The lowest BCUT2D eigenvalue weighted by molar-refractivity contribution is -0.137. The zero-order valence-electron chi connectivity index (χ0n) is 16.5. The van der Waals surface area contributed by atoms with Gasteiger partial charge in [0, 0.05) is 24.9 Å². The fraction of sp³-hybridized carbons (Fsp3) is 0.571. The van der Waals surface area contributed by atoms with Crippen molar-refractivity contribution in [2.75, 3.05) is 18.4 Å². The molecule has 1 aliphatic rings. The molecule has 1 N–H and O–H groups in total. The Bertz CT molecular complexity index is 807. The molecule has 0 spiro atoms. The van der Waals surface area contributed by atoms with Crippen LogP contribution in [0.5, 0.6) is 0 Å². The van der Waals surface area contributed by atoms with Gasteiger partial charge in [-0.3, -0.25) is 9.59 Å². The Hall–Kier alpha value is -1.95. The molecule has 27 heavy (non-hydrogen) atoms. The van der Waals surface area contributed by atoms with Crippen LogP contribution >= 0.6 is 11.3 Å². The minimum absolute atomic E-state index is 0.0142. The molecule has 0 atom stereocenters. The number of carbonyl (C=O) groups is 2. The third-order valence-corrected chi connectivity index (χ3v) is 6.11. The van der Waals surface area contributed by atoms with Gasteiger partial charge in [0.25, 0.3) is 0 Å². The molecule has 3 rings (SSSR count). The number of nitrogens with zero attached hydrogens (tertiary/aromatic N) is 2. The van der Waals surface area contributed by atoms with Gasteiger partial charge in [0.1, 0.15) is 0 Å². The molecule has 0 bridgehead atoms. The minimum atomic E-state index is -0.0478. The van der Waals surface area contributed by atoms with E-state index in [0.717, 1.165) is 29.5 Å². The van der Waals surface area contributed by atoms with Crippen LogP contribution in [0.3, 0.4) is 0 Å². The van der Waals surface area contributed by atoms with Gasteiger partial charge >= 0.3 is 0 Å². The number of nitrogens with one attached hydrogen (secondary N) is 1. The normalized spacial score (nSPS) is 15.5. The highest BCUT2D eigenvalue weighted by Gasteiger charge is 2.28. The van der Waals surface area contributed by atoms with Crippen LogP contribution in [0.15, 0.2) is 18.2 Å². The van der Waals surface area contributed by atoms with E-state index in [9.17, 15) is 9.59 Å². The maximum atomic E-state index is 12.6. The first-order valence-electron chi connectivity index (χ1n) is 9.97. The van der Waals surface area contributed by atoms with E-state index in [-0.39, 0.29) is 23.7 Å². The van der Waals surface area contributed by atoms with Crippen LogP contribution in [0, 0.1) is 11.8 Å². The number of aryl methyl sites for hydroxylation is 1. The lowest BCUT2D eigenvalue weighted by Crippen LogP contribution is -2.43. The second kappa shape index (κ2) is 8.83. The first-order chi connectivity index (χ1) is 13.0. The molecular weight excluding hydrogens is 358 g/mol. The standard InChI is InChI=1S/C21H29N3O2S/c1-4-5-6-15-7-8-17-18(13-15)27-21(22-17)23-19(25)16-9-11-24(12-10-16)20(26)14(2)3/h7-8,13-14,16H,4-6,9-12H2,1-3H3,(H,22,23,25). The Morgan fingerprint density at radius 3 is 2.70 bits per heavy atom. The summed E-state index contributed by atoms with van der Waals surface area (Å²) in [7, 11) is 0. The Labute approximate surface area is 165 Å². The van der Waals surface area contributed by atoms with E-state index in [1.165, 1.54) is 29.7 Å². The number of aromatic nitrogens is 1. The molecule has 1 aromatic carbocycles. The summed E-state index contributed by atoms with van der Waals surface area (Å²) in [5, 5.41) is 3.67. The monoisotopic (exact) mass is 387 g/mol. The third-order valence-electron chi connectivity index (χ3n) is 5.17. The molecule has 6 heteroatoms. The molecule has 1 saturated heterocycles. The van der Waals surface area contributed by atoms with Crippen molar-refractivity contribution in [3.05, 3.63) is 23.8 Å². The van der Waals surface area contributed by atoms with E-state index in [1.54, 1.807) is 0 Å². The Morgan fingerprint density at radius 2 is 2.04 bits per heavy atom. The summed E-state index contributed by atoms with van der Waals surface area (Å²) >= 11 is 1.54. The number of carbonyl (C=O) groups excluding carboxylic acids is 2. The zero-order valence-corrected chi connectivity index (χ0v) is 17.3. The largest absolute Gasteiger partial charge is 0.342 e. The molecule has 1 fully saturated rings. The van der Waals surface area contributed by atoms with Crippen molar-refractivity contribution in [2.24, 2.45) is 11.8 Å². The molecule has 0 saturated carbocycles. The van der Waals surface area contributed by atoms with Gasteiger partial charge in [0.2, 0.25) is 11.8 Å². The van der Waals surface area contributed by atoms with Crippen molar-refractivity contribution in [2.45, 2.75) is 52.9 Å². The predicted molar refractivity (Wildman–Crippen MR) is 111 cm³/mol. The predicted octanol–water partition coefficient (Wildman–Crippen LogP) is 4.47. The van der Waals surface area contributed by atoms with Gasteiger partial charge in [0.15, 0.2) is 5.13 Å². The summed E-state index contributed by atoms with van der Waals surface area (Å²) in [5.74, 6) is 0.171. The summed E-state index contributed by atoms with van der Waals surface area (Å²) in [6.45, 7) is 7.36. The van der Waals surface area contributed by atoms with Gasteiger partial charge in [-0.15, -0.1) is 0 Å². The lowest BCUT2D eigenvalue weighted by Gasteiger charge is -2.32. The number of benzene rings is 1. The number of thiazole rings is 1. The number of fused-ring (bicyclic) bond motifs is 1.